The van der Waals surface area contributed by atoms with Crippen molar-refractivity contribution in [1.82, 2.24) is 10.2 Å². The van der Waals surface area contributed by atoms with E-state index in [0.29, 0.717) is 18.7 Å². The van der Waals surface area contributed by atoms with Crippen LogP contribution in [0.5, 0.6) is 5.75 Å². The molecule has 1 N–H and O–H groups in total. The summed E-state index contributed by atoms with van der Waals surface area (Å²) in [7, 11) is 1.55. The Kier molecular flexibility index (Phi) is 5.15. The average Bonchev–Trinajstić information content (AvgIpc) is 3.21. The first-order valence-corrected chi connectivity index (χ1v) is 9.48. The average molecular weight is 419 g/mol. The first-order chi connectivity index (χ1) is 14.3. The van der Waals surface area contributed by atoms with Gasteiger partial charge in [0.2, 0.25) is 0 Å². The van der Waals surface area contributed by atoms with E-state index in [9.17, 15) is 22.8 Å². The summed E-state index contributed by atoms with van der Waals surface area (Å²) in [6.45, 7) is 0.776. The van der Waals surface area contributed by atoms with Crippen LogP contribution in [-0.2, 0) is 17.5 Å². The number of amides is 3. The molecular weight excluding hydrogens is 399 g/mol. The number of benzene rings is 2. The molecule has 6 nitrogen and oxygen atoms in total. The Morgan fingerprint density at radius 1 is 1.13 bits per heavy atom. The van der Waals surface area contributed by atoms with Crippen LogP contribution < -0.4 is 15.0 Å². The highest BCUT2D eigenvalue weighted by atomic mass is 19.4. The van der Waals surface area contributed by atoms with Crippen molar-refractivity contribution in [2.24, 2.45) is 0 Å². The van der Waals surface area contributed by atoms with Gasteiger partial charge in [0.15, 0.2) is 0 Å². The first-order valence-electron chi connectivity index (χ1n) is 9.48. The first kappa shape index (κ1) is 20.2. The fourth-order valence-electron chi connectivity index (χ4n) is 3.95. The molecule has 9 heteroatoms. The third-order valence-corrected chi connectivity index (χ3v) is 5.46. The number of nitrogens with one attached hydrogen (secondary N) is 1. The Labute approximate surface area is 171 Å². The van der Waals surface area contributed by atoms with Gasteiger partial charge in [0.25, 0.3) is 5.91 Å². The van der Waals surface area contributed by atoms with Crippen LogP contribution in [0.2, 0.25) is 0 Å². The van der Waals surface area contributed by atoms with Gasteiger partial charge in [0.1, 0.15) is 11.8 Å². The lowest BCUT2D eigenvalue weighted by molar-refractivity contribution is -0.137. The molecule has 2 atom stereocenters. The van der Waals surface area contributed by atoms with E-state index < -0.39 is 29.7 Å². The third kappa shape index (κ3) is 3.60. The van der Waals surface area contributed by atoms with Gasteiger partial charge < -0.3 is 15.0 Å². The molecule has 0 bridgehead atoms. The summed E-state index contributed by atoms with van der Waals surface area (Å²) in [6, 6.07) is 9.80. The summed E-state index contributed by atoms with van der Waals surface area (Å²) in [5, 5.41) is 3.08. The molecule has 2 aliphatic rings. The maximum atomic E-state index is 13.3. The molecule has 0 unspecified atom stereocenters. The second-order valence-electron chi connectivity index (χ2n) is 7.27. The van der Waals surface area contributed by atoms with Gasteiger partial charge >= 0.3 is 12.2 Å². The number of imide groups is 1. The number of urea groups is 1. The fourth-order valence-corrected chi connectivity index (χ4v) is 3.95. The zero-order valence-electron chi connectivity index (χ0n) is 16.1. The number of methoxy groups -OCH3 is 1. The van der Waals surface area contributed by atoms with Crippen molar-refractivity contribution in [1.29, 1.82) is 0 Å². The monoisotopic (exact) mass is 419 g/mol. The molecule has 2 heterocycles. The minimum atomic E-state index is -4.57. The Morgan fingerprint density at radius 2 is 1.87 bits per heavy atom. The molecule has 2 fully saturated rings. The van der Waals surface area contributed by atoms with Crippen molar-refractivity contribution >= 4 is 17.6 Å². The number of ether oxygens (including phenoxy) is 1. The normalized spacial score (nSPS) is 21.7. The Morgan fingerprint density at radius 3 is 2.53 bits per heavy atom. The molecule has 2 aromatic rings. The maximum absolute atomic E-state index is 13.3. The Hall–Kier alpha value is -3.07. The van der Waals surface area contributed by atoms with E-state index in [0.717, 1.165) is 22.6 Å². The van der Waals surface area contributed by atoms with E-state index in [1.807, 2.05) is 12.1 Å². The SMILES string of the molecule is COc1ccc(CN2C(=O)N(c3cccc(C(F)(F)F)c3)C(=O)[C@H]3NCC[C@H]32)cc1. The van der Waals surface area contributed by atoms with Crippen LogP contribution in [0.1, 0.15) is 17.5 Å². The second kappa shape index (κ2) is 7.64. The summed E-state index contributed by atoms with van der Waals surface area (Å²) < 4.78 is 44.6. The molecule has 158 valence electrons. The van der Waals surface area contributed by atoms with Crippen molar-refractivity contribution in [3.63, 3.8) is 0 Å². The summed E-state index contributed by atoms with van der Waals surface area (Å²) in [5.74, 6) is 0.137. The number of nitrogens with zero attached hydrogens (tertiary/aromatic N) is 2. The molecule has 2 aliphatic heterocycles. The van der Waals surface area contributed by atoms with Gasteiger partial charge in [-0.2, -0.15) is 13.2 Å². The van der Waals surface area contributed by atoms with Crippen molar-refractivity contribution in [3.8, 4) is 5.75 Å². The Bertz CT molecular complexity index is 962. The number of hydrogen-bond donors (Lipinski definition) is 1. The van der Waals surface area contributed by atoms with Gasteiger partial charge in [-0.3, -0.25) is 4.79 Å². The largest absolute Gasteiger partial charge is 0.497 e. The quantitative estimate of drug-likeness (QED) is 0.825. The van der Waals surface area contributed by atoms with E-state index in [1.54, 1.807) is 24.1 Å². The number of halogens is 3. The van der Waals surface area contributed by atoms with E-state index >= 15 is 0 Å². The van der Waals surface area contributed by atoms with Crippen molar-refractivity contribution in [3.05, 3.63) is 59.7 Å². The highest BCUT2D eigenvalue weighted by Gasteiger charge is 2.49. The zero-order valence-corrected chi connectivity index (χ0v) is 16.1. The van der Waals surface area contributed by atoms with Crippen molar-refractivity contribution in [2.45, 2.75) is 31.2 Å². The van der Waals surface area contributed by atoms with E-state index in [1.165, 1.54) is 12.1 Å². The van der Waals surface area contributed by atoms with E-state index in [2.05, 4.69) is 5.32 Å². The van der Waals surface area contributed by atoms with Crippen molar-refractivity contribution in [2.75, 3.05) is 18.6 Å². The molecule has 0 aromatic heterocycles. The lowest BCUT2D eigenvalue weighted by atomic mass is 10.0. The summed E-state index contributed by atoms with van der Waals surface area (Å²) in [5.41, 5.74) is -0.177. The fraction of sp³-hybridized carbons (Fsp3) is 0.333. The predicted octanol–water partition coefficient (Wildman–Crippen LogP) is 3.41. The van der Waals surface area contributed by atoms with Gasteiger partial charge in [-0.05, 0) is 48.9 Å². The minimum absolute atomic E-state index is 0.0910. The molecule has 2 aromatic carbocycles. The number of carbonyl (C=O) groups is 2. The summed E-state index contributed by atoms with van der Waals surface area (Å²) in [6.07, 6.45) is -3.98. The van der Waals surface area contributed by atoms with Crippen LogP contribution in [-0.4, -0.2) is 42.6 Å². The molecule has 30 heavy (non-hydrogen) atoms. The van der Waals surface area contributed by atoms with Crippen LogP contribution in [0.25, 0.3) is 0 Å². The van der Waals surface area contributed by atoms with Gasteiger partial charge in [-0.15, -0.1) is 0 Å². The maximum Gasteiger partial charge on any atom is 0.416 e. The molecule has 0 radical (unpaired) electrons. The Balaban J connectivity index is 1.68. The molecule has 4 rings (SSSR count). The summed E-state index contributed by atoms with van der Waals surface area (Å²) in [4.78, 5) is 28.6. The number of carbonyl (C=O) groups excluding carboxylic acids is 2. The number of anilines is 1. The topological polar surface area (TPSA) is 61.9 Å². The van der Waals surface area contributed by atoms with Gasteiger partial charge in [-0.1, -0.05) is 18.2 Å². The van der Waals surface area contributed by atoms with Crippen molar-refractivity contribution < 1.29 is 27.5 Å². The molecular formula is C21H20F3N3O3. The van der Waals surface area contributed by atoms with Crippen LogP contribution in [0.4, 0.5) is 23.7 Å². The smallest absolute Gasteiger partial charge is 0.416 e. The van der Waals surface area contributed by atoms with Crippen LogP contribution in [0.3, 0.4) is 0 Å². The number of rotatable bonds is 4. The van der Waals surface area contributed by atoms with Crippen LogP contribution in [0, 0.1) is 0 Å². The lowest BCUT2D eigenvalue weighted by Crippen LogP contribution is -2.64. The number of hydrogen-bond acceptors (Lipinski definition) is 4. The highest BCUT2D eigenvalue weighted by Crippen LogP contribution is 2.34. The zero-order chi connectivity index (χ0) is 21.5. The number of alkyl halides is 3. The van der Waals surface area contributed by atoms with Crippen LogP contribution in [0.15, 0.2) is 48.5 Å². The second-order valence-corrected chi connectivity index (χ2v) is 7.27. The number of fused-ring (bicyclic) bond motifs is 1. The molecule has 0 aliphatic carbocycles. The standard InChI is InChI=1S/C21H20F3N3O3/c1-30-16-7-5-13(6-8-16)12-26-17-9-10-25-18(17)19(28)27(20(26)29)15-4-2-3-14(11-15)21(22,23)24/h2-8,11,17-18,25H,9-10,12H2,1H3/t17-,18+/m1/s1. The third-order valence-electron chi connectivity index (χ3n) is 5.46. The van der Waals surface area contributed by atoms with Gasteiger partial charge in [0, 0.05) is 6.54 Å². The minimum Gasteiger partial charge on any atom is -0.497 e. The van der Waals surface area contributed by atoms with E-state index in [4.69, 9.17) is 4.74 Å². The predicted molar refractivity (Wildman–Crippen MR) is 103 cm³/mol. The van der Waals surface area contributed by atoms with Gasteiger partial charge in [-0.25, -0.2) is 9.69 Å². The van der Waals surface area contributed by atoms with Crippen LogP contribution >= 0.6 is 0 Å². The lowest BCUT2D eigenvalue weighted by Gasteiger charge is -2.42. The molecule has 0 saturated carbocycles. The van der Waals surface area contributed by atoms with E-state index in [-0.39, 0.29) is 18.3 Å². The van der Waals surface area contributed by atoms with Gasteiger partial charge in [0.05, 0.1) is 24.4 Å². The molecule has 3 amide bonds. The summed E-state index contributed by atoms with van der Waals surface area (Å²) >= 11 is 0. The molecule has 2 saturated heterocycles. The highest BCUT2D eigenvalue weighted by molar-refractivity contribution is 6.18. The molecule has 0 spiro atoms.